The van der Waals surface area contributed by atoms with Crippen LogP contribution in [0.4, 0.5) is 59.8 Å². The van der Waals surface area contributed by atoms with Crippen molar-refractivity contribution in [2.75, 3.05) is 22.5 Å². The normalized spacial score (nSPS) is 11.2. The molecule has 28 nitrogen and oxygen atoms in total. The van der Waals surface area contributed by atoms with E-state index in [2.05, 4.69) is 94.3 Å². The first-order valence-electron chi connectivity index (χ1n) is 29.9. The summed E-state index contributed by atoms with van der Waals surface area (Å²) in [5.74, 6) is -0.574. The highest BCUT2D eigenvalue weighted by Crippen LogP contribution is 2.41. The summed E-state index contributed by atoms with van der Waals surface area (Å²) >= 11 is 4.87. The molecule has 8 aromatic heterocycles. The van der Waals surface area contributed by atoms with Gasteiger partial charge in [-0.3, -0.25) is 19.8 Å². The van der Waals surface area contributed by atoms with Gasteiger partial charge >= 0.3 is 0 Å². The van der Waals surface area contributed by atoms with Gasteiger partial charge in [-0.25, -0.2) is 19.9 Å². The number of carbonyl (C=O) groups is 3. The summed E-state index contributed by atoms with van der Waals surface area (Å²) in [5.41, 5.74) is 7.52. The second-order valence-electron chi connectivity index (χ2n) is 20.9. The van der Waals surface area contributed by atoms with Crippen molar-refractivity contribution in [3.8, 4) is 23.0 Å². The minimum Gasteiger partial charge on any atom is -0.508 e. The van der Waals surface area contributed by atoms with Crippen LogP contribution >= 0.6 is 46.1 Å². The molecule has 0 fully saturated rings. The van der Waals surface area contributed by atoms with Crippen LogP contribution < -0.4 is 16.0 Å². The van der Waals surface area contributed by atoms with E-state index in [-0.39, 0.29) is 59.3 Å². The summed E-state index contributed by atoms with van der Waals surface area (Å²) in [5, 5.41) is 96.9. The lowest BCUT2D eigenvalue weighted by Gasteiger charge is -2.11. The molecular weight excluding hydrogens is 1350 g/mol. The second-order valence-corrected chi connectivity index (χ2v) is 23.9. The van der Waals surface area contributed by atoms with Gasteiger partial charge in [0.2, 0.25) is 11.8 Å². The predicted molar refractivity (Wildman–Crippen MR) is 387 cm³/mol. The number of carbonyl (C=O) groups excluding carboxylic acids is 3. The highest BCUT2D eigenvalue weighted by atomic mass is 32.1. The van der Waals surface area contributed by atoms with Gasteiger partial charge in [0.05, 0.1) is 55.7 Å². The monoisotopic (exact) mass is 1410 g/mol. The third-order valence-electron chi connectivity index (χ3n) is 13.9. The van der Waals surface area contributed by atoms with Crippen molar-refractivity contribution in [1.82, 2.24) is 37.4 Å². The number of amides is 2. The van der Waals surface area contributed by atoms with Crippen LogP contribution in [-0.4, -0.2) is 88.4 Å². The van der Waals surface area contributed by atoms with Gasteiger partial charge in [0.1, 0.15) is 29.6 Å². The first kappa shape index (κ1) is 68.6. The van der Waals surface area contributed by atoms with Crippen molar-refractivity contribution >= 4 is 185 Å². The molecule has 0 aliphatic carbocycles. The minimum atomic E-state index is -0.340. The van der Waals surface area contributed by atoms with Gasteiger partial charge in [0, 0.05) is 84.8 Å². The quantitative estimate of drug-likeness (QED) is 0.0130. The van der Waals surface area contributed by atoms with Gasteiger partial charge in [0.25, 0.3) is 0 Å². The summed E-state index contributed by atoms with van der Waals surface area (Å²) < 4.78 is 21.8. The zero-order valence-corrected chi connectivity index (χ0v) is 56.0. The Morgan fingerprint density at radius 3 is 1.45 bits per heavy atom. The van der Waals surface area contributed by atoms with E-state index in [4.69, 9.17) is 10.1 Å². The van der Waals surface area contributed by atoms with Crippen molar-refractivity contribution in [3.63, 3.8) is 0 Å². The summed E-state index contributed by atoms with van der Waals surface area (Å²) in [4.78, 5) is 51.5. The van der Waals surface area contributed by atoms with Crippen molar-refractivity contribution in [3.05, 3.63) is 199 Å². The third-order valence-corrected chi connectivity index (χ3v) is 16.9. The largest absolute Gasteiger partial charge is 0.508 e. The fourth-order valence-corrected chi connectivity index (χ4v) is 12.0. The number of phenols is 4. The number of hydrogen-bond acceptors (Lipinski definition) is 30. The zero-order valence-electron chi connectivity index (χ0n) is 52.7. The topological polar surface area (TPSA) is 403 Å². The molecule has 0 atom stereocenters. The lowest BCUT2D eigenvalue weighted by atomic mass is 10.0. The first-order chi connectivity index (χ1) is 48.7. The van der Waals surface area contributed by atoms with Gasteiger partial charge in [0.15, 0.2) is 54.8 Å². The molecule has 32 heteroatoms. The number of Topliss-reactive ketones (excluding diaryl/α,β-unsaturated/α-hetero) is 1. The van der Waals surface area contributed by atoms with Crippen molar-refractivity contribution in [2.45, 2.75) is 33.8 Å². The van der Waals surface area contributed by atoms with Crippen LogP contribution in [0.25, 0.3) is 54.9 Å². The smallest absolute Gasteiger partial charge is 0.221 e. The molecule has 0 spiro atoms. The van der Waals surface area contributed by atoms with Crippen LogP contribution in [-0.2, 0) is 27.4 Å². The number of pyridine rings is 4. The van der Waals surface area contributed by atoms with E-state index >= 15 is 0 Å². The summed E-state index contributed by atoms with van der Waals surface area (Å²) in [6, 6.07) is 45.5. The third kappa shape index (κ3) is 17.2. The Hall–Kier alpha value is -12.8. The van der Waals surface area contributed by atoms with E-state index in [1.807, 2.05) is 85.8 Å². The maximum Gasteiger partial charge on any atom is 0.221 e. The van der Waals surface area contributed by atoms with E-state index < -0.39 is 0 Å². The average molecular weight is 1410 g/mol. The maximum absolute atomic E-state index is 12.4. The van der Waals surface area contributed by atoms with E-state index in [0.717, 1.165) is 51.0 Å². The van der Waals surface area contributed by atoms with E-state index in [9.17, 15) is 34.8 Å². The Balaban J connectivity index is 0.000000135. The molecule has 498 valence electrons. The van der Waals surface area contributed by atoms with E-state index in [1.165, 1.54) is 78.2 Å². The number of phenolic OH excluding ortho intramolecular Hbond substituents is 4. The van der Waals surface area contributed by atoms with Gasteiger partial charge in [-0.15, -0.1) is 40.9 Å². The molecule has 0 aliphatic rings. The van der Waals surface area contributed by atoms with Crippen LogP contribution in [0.2, 0.25) is 0 Å². The van der Waals surface area contributed by atoms with Crippen LogP contribution in [0, 0.1) is 5.41 Å². The molecule has 2 amide bonds. The molecule has 6 aromatic carbocycles. The molecule has 8 heterocycles. The summed E-state index contributed by atoms with van der Waals surface area (Å²) in [6.45, 7) is 5.44. The molecule has 14 aromatic rings. The zero-order chi connectivity index (χ0) is 69.9. The Morgan fingerprint density at radius 2 is 0.930 bits per heavy atom. The minimum absolute atomic E-state index is 0.0263. The molecule has 14 rings (SSSR count). The summed E-state index contributed by atoms with van der Waals surface area (Å²) in [7, 11) is 0. The van der Waals surface area contributed by atoms with Crippen molar-refractivity contribution < 1.29 is 39.5 Å². The number of aromatic hydroxyl groups is 4. The number of anilines is 3. The summed E-state index contributed by atoms with van der Waals surface area (Å²) in [6.07, 6.45) is 7.56. The van der Waals surface area contributed by atoms with Crippen LogP contribution in [0.15, 0.2) is 223 Å². The number of hydrogen-bond donors (Lipinski definition) is 8. The molecule has 100 heavy (non-hydrogen) atoms. The number of benzene rings is 6. The standard InChI is InChI=1S/C20H14N4O2S.C18H15N5OS.C16H14N6O3S.C14H11N5O2S/c25-17-9-8-15(11-14(17)12-18(26)13-5-2-1-3-6-13)22-23-20-16-7-4-10-21-19(16)24-27-20;1-2-19-14-7-3-5-11-13(8-9-15(24)16(11)14)21-22-18-12-6-4-10-20-17(12)23-25-18;1-9(23)19-13-6-11(5-10(14(13)24)7-25-8-17)20-21-16-12-3-2-4-18-15(12)22-26-16;1-8(20)16-11-7-9(4-5-12(11)21)17-18-14-10-3-2-6-15-13(10)19-22-14/h1-11,25H,12H2;3-10,19,24H,2H2,1H3;2-6,8,17,24H,7H2,1H3,(H,19,23);2-7,21H,1H3,(H,16,20). The SMILES string of the molecule is CC(=O)Nc1cc(N=Nc2snc3ncccc23)cc(COC=N)c1O.CC(=O)Nc1cc(N=Nc2snc3ncccc23)ccc1O.CCNc1cccc2c(N=Nc3snc4ncccc34)ccc(O)c12.O=C(Cc1cc(N=Nc2snc3ncccc23)ccc1O)c1ccccc1. The molecule has 0 bridgehead atoms. The van der Waals surface area contributed by atoms with Crippen molar-refractivity contribution in [2.24, 2.45) is 40.9 Å². The maximum atomic E-state index is 12.4. The molecular formula is C68H54N20O8S4. The Morgan fingerprint density at radius 1 is 0.470 bits per heavy atom. The molecule has 0 radical (unpaired) electrons. The fraction of sp³-hybridized carbons (Fsp3) is 0.0882. The van der Waals surface area contributed by atoms with Crippen LogP contribution in [0.1, 0.15) is 42.3 Å². The first-order valence-corrected chi connectivity index (χ1v) is 33.0. The van der Waals surface area contributed by atoms with Crippen molar-refractivity contribution in [1.29, 1.82) is 5.41 Å². The number of ether oxygens (including phenoxy) is 1. The van der Waals surface area contributed by atoms with Crippen LogP contribution in [0.3, 0.4) is 0 Å². The van der Waals surface area contributed by atoms with Gasteiger partial charge in [-0.1, -0.05) is 42.5 Å². The molecule has 0 aliphatic heterocycles. The molecule has 8 N–H and O–H groups in total. The highest BCUT2D eigenvalue weighted by molar-refractivity contribution is 7.12. The molecule has 0 saturated carbocycles. The number of aromatic nitrogens is 8. The Kier molecular flexibility index (Phi) is 22.5. The molecule has 0 unspecified atom stereocenters. The number of ketones is 1. The Labute approximate surface area is 583 Å². The lowest BCUT2D eigenvalue weighted by molar-refractivity contribution is -0.115. The van der Waals surface area contributed by atoms with Gasteiger partial charge < -0.3 is 41.1 Å². The second kappa shape index (κ2) is 32.8. The fourth-order valence-electron chi connectivity index (χ4n) is 9.40. The highest BCUT2D eigenvalue weighted by Gasteiger charge is 2.16. The van der Waals surface area contributed by atoms with Gasteiger partial charge in [-0.05, 0) is 168 Å². The number of azo groups is 4. The lowest BCUT2D eigenvalue weighted by Crippen LogP contribution is -2.06. The van der Waals surface area contributed by atoms with Crippen LogP contribution in [0.5, 0.6) is 23.0 Å². The number of fused-ring (bicyclic) bond motifs is 5. The number of nitrogens with zero attached hydrogens (tertiary/aromatic N) is 16. The molecule has 0 saturated heterocycles. The number of nitrogens with one attached hydrogen (secondary N) is 4. The number of rotatable bonds is 18. The van der Waals surface area contributed by atoms with Gasteiger partial charge in [-0.2, -0.15) is 17.5 Å². The predicted octanol–water partition coefficient (Wildman–Crippen LogP) is 18.3. The Bertz CT molecular complexity index is 5430. The van der Waals surface area contributed by atoms with E-state index in [1.54, 1.807) is 85.5 Å². The van der Waals surface area contributed by atoms with E-state index in [0.29, 0.717) is 87.7 Å². The average Bonchev–Trinajstić information content (AvgIpc) is 1.04.